The number of oxazole rings is 1. The van der Waals surface area contributed by atoms with Crippen LogP contribution < -0.4 is 16.6 Å². The minimum atomic E-state index is -0.489. The van der Waals surface area contributed by atoms with Gasteiger partial charge in [0.25, 0.3) is 5.91 Å². The molecule has 1 aromatic carbocycles. The molecule has 1 aromatic heterocycles. The molecule has 0 atom stereocenters. The number of carbonyl (C=O) groups excluding carboxylic acids is 1. The van der Waals surface area contributed by atoms with Gasteiger partial charge in [-0.1, -0.05) is 6.07 Å². The molecule has 1 heterocycles. The number of ether oxygens (including phenoxy) is 1. The van der Waals surface area contributed by atoms with E-state index in [2.05, 4.69) is 15.8 Å². The fraction of sp³-hybridized carbons (Fsp3) is 0.273. The molecule has 2 aromatic rings. The number of hydrogen-bond acceptors (Lipinski definition) is 5. The molecule has 0 radical (unpaired) electrons. The van der Waals surface area contributed by atoms with Gasteiger partial charge in [0, 0.05) is 7.05 Å². The first-order valence-corrected chi connectivity index (χ1v) is 5.34. The van der Waals surface area contributed by atoms with Crippen LogP contribution in [-0.2, 0) is 16.1 Å². The number of aromatic nitrogens is 1. The lowest BCUT2D eigenvalue weighted by atomic mass is 10.2. The maximum absolute atomic E-state index is 11.1. The monoisotopic (exact) mass is 251 g/mol. The Morgan fingerprint density at radius 1 is 1.50 bits per heavy atom. The Bertz CT molecular complexity index is 602. The summed E-state index contributed by atoms with van der Waals surface area (Å²) in [7, 11) is 1.60. The molecule has 2 rings (SSSR count). The number of hydrazine groups is 1. The van der Waals surface area contributed by atoms with Crippen molar-refractivity contribution < 1.29 is 13.9 Å². The van der Waals surface area contributed by atoms with Crippen LogP contribution in [0, 0.1) is 0 Å². The number of nitrogens with one attached hydrogen (secondary N) is 3. The third kappa shape index (κ3) is 2.96. The Balaban J connectivity index is 1.95. The number of aromatic amines is 1. The molecule has 7 nitrogen and oxygen atoms in total. The van der Waals surface area contributed by atoms with E-state index in [1.807, 2.05) is 0 Å². The average molecular weight is 251 g/mol. The van der Waals surface area contributed by atoms with Crippen molar-refractivity contribution in [2.45, 2.75) is 6.61 Å². The maximum atomic E-state index is 11.1. The van der Waals surface area contributed by atoms with Gasteiger partial charge in [0.15, 0.2) is 5.58 Å². The predicted octanol–water partition coefficient (Wildman–Crippen LogP) is -0.112. The first-order valence-electron chi connectivity index (χ1n) is 5.34. The lowest BCUT2D eigenvalue weighted by Gasteiger charge is -2.04. The fourth-order valence-corrected chi connectivity index (χ4v) is 1.52. The number of rotatable bonds is 5. The summed E-state index contributed by atoms with van der Waals surface area (Å²) in [5.41, 5.74) is 6.83. The highest BCUT2D eigenvalue weighted by Crippen LogP contribution is 2.12. The van der Waals surface area contributed by atoms with Gasteiger partial charge in [0.05, 0.1) is 12.1 Å². The highest BCUT2D eigenvalue weighted by Gasteiger charge is 2.03. The van der Waals surface area contributed by atoms with Crippen molar-refractivity contribution in [3.05, 3.63) is 34.3 Å². The van der Waals surface area contributed by atoms with E-state index in [0.29, 0.717) is 11.1 Å². The molecule has 1 amide bonds. The fourth-order valence-electron chi connectivity index (χ4n) is 1.52. The molecule has 3 N–H and O–H groups in total. The lowest BCUT2D eigenvalue weighted by molar-refractivity contribution is -0.126. The second kappa shape index (κ2) is 5.48. The second-order valence-electron chi connectivity index (χ2n) is 3.64. The summed E-state index contributed by atoms with van der Waals surface area (Å²) in [5, 5.41) is 0. The van der Waals surface area contributed by atoms with E-state index >= 15 is 0 Å². The van der Waals surface area contributed by atoms with Crippen LogP contribution in [0.2, 0.25) is 0 Å². The van der Waals surface area contributed by atoms with Crippen LogP contribution in [0.5, 0.6) is 0 Å². The van der Waals surface area contributed by atoms with Gasteiger partial charge < -0.3 is 9.15 Å². The van der Waals surface area contributed by atoms with Crippen LogP contribution in [0.3, 0.4) is 0 Å². The Morgan fingerprint density at radius 3 is 3.11 bits per heavy atom. The molecular formula is C11H13N3O4. The molecule has 7 heteroatoms. The quantitative estimate of drug-likeness (QED) is 0.644. The summed E-state index contributed by atoms with van der Waals surface area (Å²) in [5.74, 6) is -0.747. The Hall–Kier alpha value is -2.12. The Morgan fingerprint density at radius 2 is 2.33 bits per heavy atom. The average Bonchev–Trinajstić information content (AvgIpc) is 2.69. The number of benzene rings is 1. The van der Waals surface area contributed by atoms with E-state index in [9.17, 15) is 9.59 Å². The molecule has 0 unspecified atom stereocenters. The van der Waals surface area contributed by atoms with Crippen molar-refractivity contribution in [3.8, 4) is 0 Å². The lowest BCUT2D eigenvalue weighted by Crippen LogP contribution is -2.36. The second-order valence-corrected chi connectivity index (χ2v) is 3.64. The highest BCUT2D eigenvalue weighted by molar-refractivity contribution is 5.76. The summed E-state index contributed by atoms with van der Waals surface area (Å²) < 4.78 is 10.1. The third-order valence-corrected chi connectivity index (χ3v) is 2.25. The highest BCUT2D eigenvalue weighted by atomic mass is 16.5. The summed E-state index contributed by atoms with van der Waals surface area (Å²) >= 11 is 0. The molecule has 0 spiro atoms. The number of hydrogen-bond donors (Lipinski definition) is 3. The zero-order valence-electron chi connectivity index (χ0n) is 9.78. The van der Waals surface area contributed by atoms with Crippen molar-refractivity contribution in [2.75, 3.05) is 13.7 Å². The van der Waals surface area contributed by atoms with Crippen molar-refractivity contribution in [2.24, 2.45) is 0 Å². The molecule has 0 aliphatic carbocycles. The molecule has 0 saturated heterocycles. The zero-order valence-corrected chi connectivity index (χ0v) is 9.78. The largest absolute Gasteiger partial charge is 0.417 e. The molecule has 0 bridgehead atoms. The summed E-state index contributed by atoms with van der Waals surface area (Å²) in [6, 6.07) is 5.22. The van der Waals surface area contributed by atoms with Crippen LogP contribution in [-0.4, -0.2) is 24.5 Å². The third-order valence-electron chi connectivity index (χ3n) is 2.25. The zero-order chi connectivity index (χ0) is 13.0. The van der Waals surface area contributed by atoms with E-state index in [1.165, 1.54) is 0 Å². The maximum Gasteiger partial charge on any atom is 0.417 e. The van der Waals surface area contributed by atoms with Gasteiger partial charge in [-0.05, 0) is 17.7 Å². The van der Waals surface area contributed by atoms with Crippen molar-refractivity contribution >= 4 is 17.0 Å². The summed E-state index contributed by atoms with van der Waals surface area (Å²) in [4.78, 5) is 24.6. The van der Waals surface area contributed by atoms with Crippen molar-refractivity contribution in [1.29, 1.82) is 0 Å². The van der Waals surface area contributed by atoms with E-state index in [1.54, 1.807) is 25.2 Å². The molecule has 96 valence electrons. The van der Waals surface area contributed by atoms with Gasteiger partial charge >= 0.3 is 5.76 Å². The van der Waals surface area contributed by atoms with Gasteiger partial charge in [-0.3, -0.25) is 15.2 Å². The van der Waals surface area contributed by atoms with Gasteiger partial charge in [0.1, 0.15) is 6.61 Å². The number of amides is 1. The van der Waals surface area contributed by atoms with Crippen LogP contribution in [0.4, 0.5) is 0 Å². The minimum Gasteiger partial charge on any atom is -0.408 e. The number of H-pyrrole nitrogens is 1. The summed E-state index contributed by atoms with van der Waals surface area (Å²) in [6.45, 7) is 0.220. The van der Waals surface area contributed by atoms with Crippen LogP contribution >= 0.6 is 0 Å². The van der Waals surface area contributed by atoms with Gasteiger partial charge in [-0.25, -0.2) is 10.2 Å². The van der Waals surface area contributed by atoms with E-state index in [0.717, 1.165) is 5.56 Å². The van der Waals surface area contributed by atoms with Crippen LogP contribution in [0.1, 0.15) is 5.56 Å². The van der Waals surface area contributed by atoms with Gasteiger partial charge in [-0.2, -0.15) is 0 Å². The smallest absolute Gasteiger partial charge is 0.408 e. The normalized spacial score (nSPS) is 10.7. The first-order chi connectivity index (χ1) is 8.69. The Labute approximate surface area is 102 Å². The van der Waals surface area contributed by atoms with Crippen LogP contribution in [0.15, 0.2) is 27.4 Å². The predicted molar refractivity (Wildman–Crippen MR) is 63.7 cm³/mol. The first kappa shape index (κ1) is 12.3. The van der Waals surface area contributed by atoms with Crippen LogP contribution in [0.25, 0.3) is 11.1 Å². The summed E-state index contributed by atoms with van der Waals surface area (Å²) in [6.07, 6.45) is 0. The van der Waals surface area contributed by atoms with Gasteiger partial charge in [0.2, 0.25) is 0 Å². The molecule has 18 heavy (non-hydrogen) atoms. The van der Waals surface area contributed by atoms with Gasteiger partial charge in [-0.15, -0.1) is 0 Å². The van der Waals surface area contributed by atoms with E-state index in [-0.39, 0.29) is 19.1 Å². The topological polar surface area (TPSA) is 96.4 Å². The minimum absolute atomic E-state index is 0.0457. The molecule has 0 saturated carbocycles. The van der Waals surface area contributed by atoms with E-state index < -0.39 is 5.76 Å². The molecular weight excluding hydrogens is 238 g/mol. The van der Waals surface area contributed by atoms with Crippen molar-refractivity contribution in [1.82, 2.24) is 15.8 Å². The molecule has 0 fully saturated rings. The molecule has 0 aliphatic rings. The SMILES string of the molecule is CNNC(=O)COCc1ccc2[nH]c(=O)oc2c1. The Kier molecular flexibility index (Phi) is 3.75. The number of carbonyl (C=O) groups is 1. The number of fused-ring (bicyclic) bond motifs is 1. The molecule has 0 aliphatic heterocycles. The van der Waals surface area contributed by atoms with E-state index in [4.69, 9.17) is 9.15 Å². The standard InChI is InChI=1S/C11H13N3O4/c1-12-14-10(15)6-17-5-7-2-3-8-9(4-7)18-11(16)13-8/h2-4,12H,5-6H2,1H3,(H,13,16)(H,14,15). The van der Waals surface area contributed by atoms with Crippen molar-refractivity contribution in [3.63, 3.8) is 0 Å².